The minimum atomic E-state index is -0.483. The fraction of sp³-hybridized carbons (Fsp3) is 0.250. The van der Waals surface area contributed by atoms with Gasteiger partial charge in [-0.15, -0.1) is 10.2 Å². The monoisotopic (exact) mass is 246 g/mol. The van der Waals surface area contributed by atoms with Crippen LogP contribution in [0.25, 0.3) is 11.4 Å². The highest BCUT2D eigenvalue weighted by Crippen LogP contribution is 2.27. The molecule has 0 fully saturated rings. The van der Waals surface area contributed by atoms with E-state index in [1.165, 1.54) is 7.11 Å². The molecule has 2 N–H and O–H groups in total. The fourth-order valence-electron chi connectivity index (χ4n) is 1.73. The minimum Gasteiger partial charge on any atom is -0.465 e. The van der Waals surface area contributed by atoms with Crippen molar-refractivity contribution in [3.8, 4) is 11.4 Å². The summed E-state index contributed by atoms with van der Waals surface area (Å²) in [6, 6.07) is 5.19. The molecular weight excluding hydrogens is 232 g/mol. The van der Waals surface area contributed by atoms with Crippen molar-refractivity contribution < 1.29 is 9.53 Å². The third-order valence-electron chi connectivity index (χ3n) is 2.82. The van der Waals surface area contributed by atoms with Crippen LogP contribution >= 0.6 is 0 Å². The highest BCUT2D eigenvalue weighted by Gasteiger charge is 2.20. The van der Waals surface area contributed by atoms with Crippen molar-refractivity contribution in [1.29, 1.82) is 0 Å². The lowest BCUT2D eigenvalue weighted by atomic mass is 10.0. The Labute approximate surface area is 104 Å². The molecule has 0 bridgehead atoms. The number of methoxy groups -OCH3 is 1. The molecule has 1 aromatic carbocycles. The molecule has 0 spiro atoms. The number of anilines is 1. The lowest BCUT2D eigenvalue weighted by Crippen LogP contribution is -2.09. The topological polar surface area (TPSA) is 83.0 Å². The predicted octanol–water partition coefficient (Wildman–Crippen LogP) is 1.16. The number of ether oxygens (including phenoxy) is 1. The van der Waals surface area contributed by atoms with Gasteiger partial charge in [0.25, 0.3) is 0 Å². The lowest BCUT2D eigenvalue weighted by molar-refractivity contribution is 0.0602. The van der Waals surface area contributed by atoms with Gasteiger partial charge in [-0.2, -0.15) is 0 Å². The molecule has 6 heteroatoms. The molecule has 1 heterocycles. The second-order valence-electron chi connectivity index (χ2n) is 3.89. The second-order valence-corrected chi connectivity index (χ2v) is 3.89. The van der Waals surface area contributed by atoms with E-state index in [-0.39, 0.29) is 0 Å². The van der Waals surface area contributed by atoms with Gasteiger partial charge in [0.15, 0.2) is 5.82 Å². The van der Waals surface area contributed by atoms with Gasteiger partial charge >= 0.3 is 5.97 Å². The van der Waals surface area contributed by atoms with Gasteiger partial charge in [0.05, 0.1) is 12.7 Å². The zero-order chi connectivity index (χ0) is 13.3. The molecule has 18 heavy (non-hydrogen) atoms. The molecule has 0 aliphatic carbocycles. The first-order valence-electron chi connectivity index (χ1n) is 5.39. The van der Waals surface area contributed by atoms with Crippen LogP contribution in [0.3, 0.4) is 0 Å². The average Bonchev–Trinajstić information content (AvgIpc) is 2.69. The van der Waals surface area contributed by atoms with Crippen molar-refractivity contribution in [1.82, 2.24) is 14.8 Å². The molecule has 0 unspecified atom stereocenters. The smallest absolute Gasteiger partial charge is 0.340 e. The van der Waals surface area contributed by atoms with Crippen LogP contribution in [0.15, 0.2) is 18.2 Å². The largest absolute Gasteiger partial charge is 0.465 e. The molecule has 2 rings (SSSR count). The molecule has 6 nitrogen and oxygen atoms in total. The van der Waals surface area contributed by atoms with Gasteiger partial charge in [-0.1, -0.05) is 12.1 Å². The number of carbonyl (C=O) groups excluding carboxylic acids is 1. The first-order valence-corrected chi connectivity index (χ1v) is 5.39. The summed E-state index contributed by atoms with van der Waals surface area (Å²) in [4.78, 5) is 11.8. The van der Waals surface area contributed by atoms with E-state index in [0.29, 0.717) is 22.6 Å². The van der Waals surface area contributed by atoms with E-state index in [2.05, 4.69) is 10.2 Å². The van der Waals surface area contributed by atoms with Gasteiger partial charge in [0, 0.05) is 18.3 Å². The normalized spacial score (nSPS) is 10.4. The van der Waals surface area contributed by atoms with Crippen LogP contribution < -0.4 is 5.73 Å². The molecule has 1 aromatic heterocycles. The molecule has 0 amide bonds. The Bertz CT molecular complexity index is 604. The Kier molecular flexibility index (Phi) is 3.01. The summed E-state index contributed by atoms with van der Waals surface area (Å²) in [6.45, 7) is 1.83. The predicted molar refractivity (Wildman–Crippen MR) is 66.9 cm³/mol. The Morgan fingerprint density at radius 3 is 2.67 bits per heavy atom. The van der Waals surface area contributed by atoms with Crippen molar-refractivity contribution in [2.45, 2.75) is 6.92 Å². The molecular formula is C12H14N4O2. The summed E-state index contributed by atoms with van der Waals surface area (Å²) in [5.41, 5.74) is 7.13. The molecule has 94 valence electrons. The second kappa shape index (κ2) is 4.48. The minimum absolute atomic E-state index is 0.315. The first-order chi connectivity index (χ1) is 8.56. The molecule has 0 aliphatic rings. The maximum Gasteiger partial charge on any atom is 0.340 e. The highest BCUT2D eigenvalue weighted by molar-refractivity contribution is 6.01. The number of esters is 1. The zero-order valence-corrected chi connectivity index (χ0v) is 10.5. The van der Waals surface area contributed by atoms with Gasteiger partial charge in [-0.05, 0) is 13.0 Å². The summed E-state index contributed by atoms with van der Waals surface area (Å²) in [6.07, 6.45) is 0. The van der Waals surface area contributed by atoms with Gasteiger partial charge in [0.1, 0.15) is 5.82 Å². The van der Waals surface area contributed by atoms with E-state index in [1.807, 2.05) is 14.0 Å². The number of benzene rings is 1. The number of hydrogen-bond donors (Lipinski definition) is 1. The third kappa shape index (κ3) is 1.81. The number of nitrogens with zero attached hydrogens (tertiary/aromatic N) is 3. The van der Waals surface area contributed by atoms with Crippen molar-refractivity contribution in [2.75, 3.05) is 12.8 Å². The third-order valence-corrected chi connectivity index (χ3v) is 2.82. The van der Waals surface area contributed by atoms with E-state index < -0.39 is 5.97 Å². The number of aromatic nitrogens is 3. The van der Waals surface area contributed by atoms with E-state index in [0.717, 1.165) is 5.82 Å². The summed E-state index contributed by atoms with van der Waals surface area (Å²) in [5.74, 6) is 0.854. The number of carbonyl (C=O) groups is 1. The standard InChI is InChI=1S/C12H14N4O2/c1-7-14-15-11(16(7)2)8-5-4-6-9(13)10(8)12(17)18-3/h4-6H,13H2,1-3H3. The van der Waals surface area contributed by atoms with Gasteiger partial charge < -0.3 is 15.0 Å². The van der Waals surface area contributed by atoms with E-state index >= 15 is 0 Å². The van der Waals surface area contributed by atoms with Gasteiger partial charge in [0.2, 0.25) is 0 Å². The van der Waals surface area contributed by atoms with Crippen LogP contribution in [0.5, 0.6) is 0 Å². The summed E-state index contributed by atoms with van der Waals surface area (Å²) < 4.78 is 6.54. The maximum atomic E-state index is 11.8. The van der Waals surface area contributed by atoms with Crippen LogP contribution in [-0.2, 0) is 11.8 Å². The quantitative estimate of drug-likeness (QED) is 0.635. The van der Waals surface area contributed by atoms with Gasteiger partial charge in [-0.25, -0.2) is 4.79 Å². The van der Waals surface area contributed by atoms with Crippen LogP contribution in [0.1, 0.15) is 16.2 Å². The number of nitrogen functional groups attached to an aromatic ring is 1. The van der Waals surface area contributed by atoms with E-state index in [9.17, 15) is 4.79 Å². The fourth-order valence-corrected chi connectivity index (χ4v) is 1.73. The molecule has 0 saturated heterocycles. The van der Waals surface area contributed by atoms with Crippen molar-refractivity contribution >= 4 is 11.7 Å². The van der Waals surface area contributed by atoms with E-state index in [1.54, 1.807) is 22.8 Å². The molecule has 0 atom stereocenters. The Hall–Kier alpha value is -2.37. The molecule has 2 aromatic rings. The first kappa shape index (κ1) is 12.1. The SMILES string of the molecule is COC(=O)c1c(N)cccc1-c1nnc(C)n1C. The Morgan fingerprint density at radius 1 is 1.39 bits per heavy atom. The number of hydrogen-bond acceptors (Lipinski definition) is 5. The number of nitrogens with two attached hydrogens (primary N) is 1. The summed E-state index contributed by atoms with van der Waals surface area (Å²) in [7, 11) is 3.15. The number of rotatable bonds is 2. The van der Waals surface area contributed by atoms with Crippen molar-refractivity contribution in [3.05, 3.63) is 29.6 Å². The molecule has 0 radical (unpaired) electrons. The summed E-state index contributed by atoms with van der Waals surface area (Å²) >= 11 is 0. The molecule has 0 saturated carbocycles. The number of aryl methyl sites for hydroxylation is 1. The maximum absolute atomic E-state index is 11.8. The summed E-state index contributed by atoms with van der Waals surface area (Å²) in [5, 5.41) is 8.02. The Balaban J connectivity index is 2.68. The lowest BCUT2D eigenvalue weighted by Gasteiger charge is -2.09. The van der Waals surface area contributed by atoms with Gasteiger partial charge in [-0.3, -0.25) is 0 Å². The average molecular weight is 246 g/mol. The molecule has 0 aliphatic heterocycles. The van der Waals surface area contributed by atoms with Crippen LogP contribution in [0, 0.1) is 6.92 Å². The van der Waals surface area contributed by atoms with Crippen molar-refractivity contribution in [3.63, 3.8) is 0 Å². The zero-order valence-electron chi connectivity index (χ0n) is 10.5. The van der Waals surface area contributed by atoms with Crippen LogP contribution in [0.2, 0.25) is 0 Å². The highest BCUT2D eigenvalue weighted by atomic mass is 16.5. The van der Waals surface area contributed by atoms with E-state index in [4.69, 9.17) is 10.5 Å². The Morgan fingerprint density at radius 2 is 2.11 bits per heavy atom. The van der Waals surface area contributed by atoms with Crippen molar-refractivity contribution in [2.24, 2.45) is 7.05 Å². The van der Waals surface area contributed by atoms with Crippen LogP contribution in [0.4, 0.5) is 5.69 Å². The van der Waals surface area contributed by atoms with Crippen LogP contribution in [-0.4, -0.2) is 27.8 Å².